The van der Waals surface area contributed by atoms with Gasteiger partial charge >= 0.3 is 23.9 Å². The van der Waals surface area contributed by atoms with E-state index in [1.165, 1.54) is 13.0 Å². The van der Waals surface area contributed by atoms with E-state index in [4.69, 9.17) is 14.2 Å². The van der Waals surface area contributed by atoms with Crippen molar-refractivity contribution in [1.29, 1.82) is 0 Å². The summed E-state index contributed by atoms with van der Waals surface area (Å²) in [5, 5.41) is 56.3. The van der Waals surface area contributed by atoms with Crippen molar-refractivity contribution in [3.05, 3.63) is 59.7 Å². The van der Waals surface area contributed by atoms with Crippen LogP contribution < -0.4 is 5.32 Å². The number of ether oxygens (including phenoxy) is 3. The molecule has 1 aromatic rings. The second-order valence-corrected chi connectivity index (χ2v) is 13.2. The number of carbonyl (C=O) groups is 5. The molecular weight excluding hydrogens is 642 g/mol. The van der Waals surface area contributed by atoms with E-state index in [9.17, 15) is 49.5 Å². The van der Waals surface area contributed by atoms with E-state index in [1.807, 2.05) is 64.1 Å². The number of hydrogen-bond acceptors (Lipinski definition) is 10. The smallest absolute Gasteiger partial charge is 0.344 e. The van der Waals surface area contributed by atoms with Crippen LogP contribution in [0.25, 0.3) is 0 Å². The van der Waals surface area contributed by atoms with Crippen molar-refractivity contribution in [2.45, 2.75) is 102 Å². The standard InChI is InChI=1S/C35H47NO13/c1-6-20(2)16-21(3)12-13-26(38)47-28-27(39)33(48-29(30(40)41)34(46,31(42)43)35(28,49-33)32(44)45)15-14-25(19-36-23(5)37)18-22(4)17-24-10-8-7-9-11-24/h7-13,18,20-22,27-29,39,46H,6,14-17,19H2,1-5H3,(H,36,37)(H,40,41)(H,42,43)(H,44,45)/b13-12+,25-18+/t20-,21+,22?,27+,28+,29+,33+,34+,35+/m0/s1. The van der Waals surface area contributed by atoms with Crippen LogP contribution in [0.15, 0.2) is 54.1 Å². The van der Waals surface area contributed by atoms with Gasteiger partial charge in [0.25, 0.3) is 0 Å². The molecule has 2 saturated heterocycles. The highest BCUT2D eigenvalue weighted by Crippen LogP contribution is 2.55. The van der Waals surface area contributed by atoms with Gasteiger partial charge in [-0.2, -0.15) is 0 Å². The highest BCUT2D eigenvalue weighted by Gasteiger charge is 2.85. The van der Waals surface area contributed by atoms with Crippen LogP contribution in [0.3, 0.4) is 0 Å². The fraction of sp³-hybridized carbons (Fsp3) is 0.571. The Kier molecular flexibility index (Phi) is 12.9. The van der Waals surface area contributed by atoms with Gasteiger partial charge in [0.1, 0.15) is 6.10 Å². The van der Waals surface area contributed by atoms with Crippen LogP contribution in [0.2, 0.25) is 0 Å². The molecule has 0 spiro atoms. The molecule has 2 aliphatic heterocycles. The number of fused-ring (bicyclic) bond motifs is 2. The number of allylic oxidation sites excluding steroid dienone is 2. The number of aliphatic carboxylic acids is 3. The summed E-state index contributed by atoms with van der Waals surface area (Å²) in [6.45, 7) is 9.12. The van der Waals surface area contributed by atoms with Gasteiger partial charge in [-0.1, -0.05) is 82.2 Å². The molecule has 14 heteroatoms. The minimum Gasteiger partial charge on any atom is -0.479 e. The summed E-state index contributed by atoms with van der Waals surface area (Å²) >= 11 is 0. The summed E-state index contributed by atoms with van der Waals surface area (Å²) in [4.78, 5) is 62.8. The predicted octanol–water partition coefficient (Wildman–Crippen LogP) is 2.46. The van der Waals surface area contributed by atoms with Crippen molar-refractivity contribution >= 4 is 29.8 Å². The molecule has 49 heavy (non-hydrogen) atoms. The van der Waals surface area contributed by atoms with Crippen molar-refractivity contribution in [2.24, 2.45) is 17.8 Å². The number of carboxylic acid groups (broad SMARTS) is 3. The molecule has 0 saturated carbocycles. The summed E-state index contributed by atoms with van der Waals surface area (Å²) in [5.41, 5.74) is -5.79. The number of amides is 1. The first-order valence-electron chi connectivity index (χ1n) is 16.3. The van der Waals surface area contributed by atoms with Gasteiger partial charge in [-0.15, -0.1) is 0 Å². The topological polar surface area (TPSA) is 226 Å². The normalized spacial score (nSPS) is 29.9. The first kappa shape index (κ1) is 39.3. The molecule has 14 nitrogen and oxygen atoms in total. The zero-order valence-corrected chi connectivity index (χ0v) is 28.3. The lowest BCUT2D eigenvalue weighted by Crippen LogP contribution is -2.78. The van der Waals surface area contributed by atoms with Crippen LogP contribution in [-0.4, -0.2) is 97.2 Å². The Bertz CT molecular complexity index is 1440. The molecule has 270 valence electrons. The Morgan fingerprint density at radius 1 is 1.02 bits per heavy atom. The Balaban J connectivity index is 2.04. The van der Waals surface area contributed by atoms with Crippen molar-refractivity contribution in [3.63, 3.8) is 0 Å². The van der Waals surface area contributed by atoms with Crippen LogP contribution in [0.5, 0.6) is 0 Å². The summed E-state index contributed by atoms with van der Waals surface area (Å²) in [5.74, 6) is -10.6. The number of carbonyl (C=O) groups excluding carboxylic acids is 2. The van der Waals surface area contributed by atoms with Gasteiger partial charge in [-0.05, 0) is 42.6 Å². The Morgan fingerprint density at radius 2 is 1.67 bits per heavy atom. The van der Waals surface area contributed by atoms with Crippen LogP contribution in [0, 0.1) is 17.8 Å². The molecule has 1 amide bonds. The Hall–Kier alpha value is -4.11. The van der Waals surface area contributed by atoms with E-state index >= 15 is 0 Å². The third kappa shape index (κ3) is 8.38. The second-order valence-electron chi connectivity index (χ2n) is 13.2. The zero-order chi connectivity index (χ0) is 36.7. The fourth-order valence-corrected chi connectivity index (χ4v) is 6.48. The van der Waals surface area contributed by atoms with E-state index < -0.39 is 65.6 Å². The minimum absolute atomic E-state index is 0.0180. The van der Waals surface area contributed by atoms with Crippen LogP contribution in [0.4, 0.5) is 0 Å². The molecule has 0 radical (unpaired) electrons. The molecule has 1 aromatic carbocycles. The lowest BCUT2D eigenvalue weighted by molar-refractivity contribution is -0.374. The first-order chi connectivity index (χ1) is 22.9. The van der Waals surface area contributed by atoms with Gasteiger partial charge in [-0.25, -0.2) is 19.2 Å². The quantitative estimate of drug-likeness (QED) is 0.0786. The fourth-order valence-electron chi connectivity index (χ4n) is 6.48. The number of benzene rings is 1. The van der Waals surface area contributed by atoms with Crippen molar-refractivity contribution in [1.82, 2.24) is 5.32 Å². The number of rotatable bonds is 17. The van der Waals surface area contributed by atoms with E-state index in [0.29, 0.717) is 24.3 Å². The highest BCUT2D eigenvalue weighted by atomic mass is 16.8. The Labute approximate surface area is 284 Å². The molecule has 3 rings (SSSR count). The van der Waals surface area contributed by atoms with E-state index in [-0.39, 0.29) is 30.7 Å². The van der Waals surface area contributed by atoms with Crippen LogP contribution >= 0.6 is 0 Å². The van der Waals surface area contributed by atoms with Gasteiger partial charge in [0, 0.05) is 26.0 Å². The number of hydrogen-bond donors (Lipinski definition) is 6. The van der Waals surface area contributed by atoms with E-state index in [0.717, 1.165) is 18.1 Å². The number of aliphatic hydroxyl groups is 2. The maximum absolute atomic E-state index is 13.0. The summed E-state index contributed by atoms with van der Waals surface area (Å²) in [7, 11) is 0. The molecule has 2 aliphatic rings. The minimum atomic E-state index is -3.87. The molecule has 6 N–H and O–H groups in total. The maximum Gasteiger partial charge on any atom is 0.344 e. The number of nitrogens with one attached hydrogen (secondary N) is 1. The van der Waals surface area contributed by atoms with Gasteiger partial charge < -0.3 is 45.1 Å². The summed E-state index contributed by atoms with van der Waals surface area (Å²) in [6.07, 6.45) is -1.51. The molecule has 2 heterocycles. The summed E-state index contributed by atoms with van der Waals surface area (Å²) < 4.78 is 16.6. The van der Waals surface area contributed by atoms with E-state index in [2.05, 4.69) is 5.32 Å². The largest absolute Gasteiger partial charge is 0.479 e. The monoisotopic (exact) mass is 689 g/mol. The predicted molar refractivity (Wildman–Crippen MR) is 173 cm³/mol. The molecule has 1 unspecified atom stereocenters. The molecule has 2 fully saturated rings. The number of esters is 1. The van der Waals surface area contributed by atoms with Gasteiger partial charge in [0.15, 0.2) is 6.10 Å². The van der Waals surface area contributed by atoms with Gasteiger partial charge in [0.05, 0.1) is 0 Å². The average Bonchev–Trinajstić information content (AvgIpc) is 3.25. The van der Waals surface area contributed by atoms with Crippen LogP contribution in [-0.2, 0) is 44.6 Å². The summed E-state index contributed by atoms with van der Waals surface area (Å²) in [6, 6.07) is 9.55. The van der Waals surface area contributed by atoms with Crippen molar-refractivity contribution < 1.29 is 63.7 Å². The lowest BCUT2D eigenvalue weighted by Gasteiger charge is -2.48. The van der Waals surface area contributed by atoms with Crippen LogP contribution in [0.1, 0.15) is 65.9 Å². The lowest BCUT2D eigenvalue weighted by atomic mass is 9.74. The Morgan fingerprint density at radius 3 is 2.22 bits per heavy atom. The van der Waals surface area contributed by atoms with Crippen molar-refractivity contribution in [3.8, 4) is 0 Å². The first-order valence-corrected chi connectivity index (χ1v) is 16.3. The van der Waals surface area contributed by atoms with Crippen molar-refractivity contribution in [2.75, 3.05) is 6.54 Å². The van der Waals surface area contributed by atoms with E-state index in [1.54, 1.807) is 0 Å². The SMILES string of the molecule is CC[C@H](C)C[C@H](C)/C=C/C(=O)O[C@@H]1[C@@H](O)[C@]2(CC/C(=C\C(C)Cc3ccccc3)CNC(C)=O)O[C@H](C(=O)O)[C@@](O)(C(=O)O)[C@@]1(C(=O)O)O2. The van der Waals surface area contributed by atoms with Gasteiger partial charge in [0.2, 0.25) is 29.0 Å². The third-order valence-electron chi connectivity index (χ3n) is 9.16. The molecule has 2 bridgehead atoms. The third-order valence-corrected chi connectivity index (χ3v) is 9.16. The number of carboxylic acids is 3. The maximum atomic E-state index is 13.0. The molecular formula is C35H47NO13. The molecule has 0 aromatic heterocycles. The second kappa shape index (κ2) is 16.1. The highest BCUT2D eigenvalue weighted by molar-refractivity contribution is 5.98. The number of aliphatic hydroxyl groups excluding tert-OH is 1. The average molecular weight is 690 g/mol. The molecule has 9 atom stereocenters. The molecule has 0 aliphatic carbocycles. The van der Waals surface area contributed by atoms with Gasteiger partial charge in [-0.3, -0.25) is 4.79 Å². The zero-order valence-electron chi connectivity index (χ0n) is 28.3.